The molecule has 0 saturated carbocycles. The van der Waals surface area contributed by atoms with Gasteiger partial charge in [-0.3, -0.25) is 4.79 Å². The predicted octanol–water partition coefficient (Wildman–Crippen LogP) is 2.51. The van der Waals surface area contributed by atoms with E-state index in [4.69, 9.17) is 28.3 Å². The molecular formula is C12H16Cl2N2O3S. The van der Waals surface area contributed by atoms with Crippen molar-refractivity contribution in [1.82, 2.24) is 4.90 Å². The molecule has 0 aliphatic rings. The molecule has 0 atom stereocenters. The van der Waals surface area contributed by atoms with Crippen LogP contribution in [0.2, 0.25) is 10.0 Å². The predicted molar refractivity (Wildman–Crippen MR) is 79.7 cm³/mol. The molecule has 1 amide bonds. The Morgan fingerprint density at radius 1 is 1.35 bits per heavy atom. The van der Waals surface area contributed by atoms with Crippen LogP contribution in [0.5, 0.6) is 0 Å². The van der Waals surface area contributed by atoms with Crippen molar-refractivity contribution >= 4 is 39.1 Å². The minimum atomic E-state index is -4.05. The number of rotatable bonds is 4. The Balaban J connectivity index is 3.42. The lowest BCUT2D eigenvalue weighted by Gasteiger charge is -2.25. The summed E-state index contributed by atoms with van der Waals surface area (Å²) in [7, 11) is -4.05. The highest BCUT2D eigenvalue weighted by Gasteiger charge is 2.23. The number of hydrogen-bond acceptors (Lipinski definition) is 3. The number of nitrogens with zero attached hydrogens (tertiary/aromatic N) is 1. The summed E-state index contributed by atoms with van der Waals surface area (Å²) in [5, 5.41) is 4.86. The zero-order valence-corrected chi connectivity index (χ0v) is 13.7. The molecule has 5 nitrogen and oxygen atoms in total. The normalized spacial score (nSPS) is 11.8. The van der Waals surface area contributed by atoms with E-state index < -0.39 is 10.0 Å². The van der Waals surface area contributed by atoms with Crippen LogP contribution in [0, 0.1) is 0 Å². The van der Waals surface area contributed by atoms with Crippen LogP contribution in [0.25, 0.3) is 0 Å². The van der Waals surface area contributed by atoms with Crippen LogP contribution in [0.15, 0.2) is 17.0 Å². The van der Waals surface area contributed by atoms with E-state index in [-0.39, 0.29) is 32.5 Å². The van der Waals surface area contributed by atoms with Crippen molar-refractivity contribution < 1.29 is 13.2 Å². The van der Waals surface area contributed by atoms with Crippen molar-refractivity contribution in [3.05, 3.63) is 27.7 Å². The van der Waals surface area contributed by atoms with Crippen molar-refractivity contribution in [2.45, 2.75) is 31.7 Å². The second-order valence-electron chi connectivity index (χ2n) is 4.50. The van der Waals surface area contributed by atoms with E-state index in [2.05, 4.69) is 0 Å². The first-order valence-corrected chi connectivity index (χ1v) is 8.22. The summed E-state index contributed by atoms with van der Waals surface area (Å²) in [4.78, 5) is 13.6. The van der Waals surface area contributed by atoms with Crippen LogP contribution in [-0.2, 0) is 10.0 Å². The van der Waals surface area contributed by atoms with Gasteiger partial charge < -0.3 is 4.90 Å². The topological polar surface area (TPSA) is 80.5 Å². The van der Waals surface area contributed by atoms with Gasteiger partial charge in [-0.05, 0) is 32.9 Å². The van der Waals surface area contributed by atoms with Crippen molar-refractivity contribution in [3.8, 4) is 0 Å². The summed E-state index contributed by atoms with van der Waals surface area (Å²) >= 11 is 11.7. The number of nitrogens with two attached hydrogens (primary N) is 1. The Bertz CT molecular complexity index is 630. The molecule has 0 aliphatic carbocycles. The van der Waals surface area contributed by atoms with Gasteiger partial charge in [-0.15, -0.1) is 0 Å². The number of carbonyl (C=O) groups excluding carboxylic acids is 1. The van der Waals surface area contributed by atoms with E-state index in [1.165, 1.54) is 6.07 Å². The molecule has 112 valence electrons. The van der Waals surface area contributed by atoms with Gasteiger partial charge in [0.2, 0.25) is 10.0 Å². The van der Waals surface area contributed by atoms with Crippen LogP contribution >= 0.6 is 23.2 Å². The average Bonchev–Trinajstić information content (AvgIpc) is 2.31. The lowest BCUT2D eigenvalue weighted by Crippen LogP contribution is -2.36. The fraction of sp³-hybridized carbons (Fsp3) is 0.417. The number of sulfonamides is 1. The van der Waals surface area contributed by atoms with Crippen molar-refractivity contribution in [2.24, 2.45) is 5.14 Å². The van der Waals surface area contributed by atoms with Gasteiger partial charge in [-0.1, -0.05) is 23.2 Å². The molecule has 1 aromatic carbocycles. The number of benzene rings is 1. The maximum Gasteiger partial charge on any atom is 0.254 e. The Morgan fingerprint density at radius 3 is 2.30 bits per heavy atom. The molecule has 0 unspecified atom stereocenters. The SMILES string of the molecule is CCN(C(=O)c1cc(Cl)c(Cl)c(S(N)(=O)=O)c1)C(C)C. The third-order valence-corrected chi connectivity index (χ3v) is 4.62. The molecule has 8 heteroatoms. The lowest BCUT2D eigenvalue weighted by molar-refractivity contribution is 0.0716. The monoisotopic (exact) mass is 338 g/mol. The number of primary sulfonamides is 1. The molecule has 0 aliphatic heterocycles. The fourth-order valence-electron chi connectivity index (χ4n) is 1.80. The second kappa shape index (κ2) is 6.30. The molecule has 1 rings (SSSR count). The summed E-state index contributed by atoms with van der Waals surface area (Å²) < 4.78 is 22.9. The zero-order chi connectivity index (χ0) is 15.7. The Hall–Kier alpha value is -0.820. The minimum Gasteiger partial charge on any atom is -0.337 e. The van der Waals surface area contributed by atoms with Gasteiger partial charge in [-0.25, -0.2) is 13.6 Å². The van der Waals surface area contributed by atoms with Gasteiger partial charge in [0.15, 0.2) is 0 Å². The first-order chi connectivity index (χ1) is 9.09. The summed E-state index contributed by atoms with van der Waals surface area (Å²) in [5.74, 6) is -0.328. The van der Waals surface area contributed by atoms with Gasteiger partial charge in [0.1, 0.15) is 4.90 Å². The molecule has 1 aromatic rings. The van der Waals surface area contributed by atoms with Gasteiger partial charge in [0, 0.05) is 18.2 Å². The van der Waals surface area contributed by atoms with Gasteiger partial charge in [0.25, 0.3) is 5.91 Å². The smallest absolute Gasteiger partial charge is 0.254 e. The molecule has 0 bridgehead atoms. The Kier molecular flexibility index (Phi) is 5.43. The highest BCUT2D eigenvalue weighted by Crippen LogP contribution is 2.30. The Labute approximate surface area is 128 Å². The van der Waals surface area contributed by atoms with Crippen molar-refractivity contribution in [3.63, 3.8) is 0 Å². The van der Waals surface area contributed by atoms with E-state index in [9.17, 15) is 13.2 Å². The molecule has 0 fully saturated rings. The molecule has 2 N–H and O–H groups in total. The van der Waals surface area contributed by atoms with Crippen molar-refractivity contribution in [1.29, 1.82) is 0 Å². The molecular weight excluding hydrogens is 323 g/mol. The number of amides is 1. The average molecular weight is 339 g/mol. The molecule has 0 saturated heterocycles. The molecule has 0 heterocycles. The van der Waals surface area contributed by atoms with Gasteiger partial charge in [0.05, 0.1) is 10.0 Å². The van der Waals surface area contributed by atoms with E-state index in [1.807, 2.05) is 20.8 Å². The standard InChI is InChI=1S/C12H16Cl2N2O3S/c1-4-16(7(2)3)12(17)8-5-9(13)11(14)10(6-8)20(15,18)19/h5-7H,4H2,1-3H3,(H2,15,18,19). The molecule has 0 spiro atoms. The maximum atomic E-state index is 12.3. The summed E-state index contributed by atoms with van der Waals surface area (Å²) in [6, 6.07) is 2.46. The van der Waals surface area contributed by atoms with Gasteiger partial charge in [-0.2, -0.15) is 0 Å². The largest absolute Gasteiger partial charge is 0.337 e. The van der Waals surface area contributed by atoms with Crippen LogP contribution in [-0.4, -0.2) is 31.8 Å². The fourth-order valence-corrected chi connectivity index (χ4v) is 3.16. The highest BCUT2D eigenvalue weighted by atomic mass is 35.5. The summed E-state index contributed by atoms with van der Waals surface area (Å²) in [6.45, 7) is 6.04. The first-order valence-electron chi connectivity index (χ1n) is 5.92. The maximum absolute atomic E-state index is 12.3. The van der Waals surface area contributed by atoms with E-state index in [1.54, 1.807) is 4.90 Å². The zero-order valence-electron chi connectivity index (χ0n) is 11.4. The minimum absolute atomic E-state index is 0.0265. The van der Waals surface area contributed by atoms with E-state index in [0.29, 0.717) is 6.54 Å². The number of carbonyl (C=O) groups is 1. The lowest BCUT2D eigenvalue weighted by atomic mass is 10.1. The van der Waals surface area contributed by atoms with Crippen LogP contribution < -0.4 is 5.14 Å². The third kappa shape index (κ3) is 3.63. The molecule has 0 radical (unpaired) electrons. The quantitative estimate of drug-likeness (QED) is 0.915. The highest BCUT2D eigenvalue weighted by molar-refractivity contribution is 7.89. The van der Waals surface area contributed by atoms with Crippen LogP contribution in [0.3, 0.4) is 0 Å². The summed E-state index contributed by atoms with van der Waals surface area (Å²) in [6.07, 6.45) is 0. The first kappa shape index (κ1) is 17.2. The van der Waals surface area contributed by atoms with E-state index >= 15 is 0 Å². The molecule has 0 aromatic heterocycles. The van der Waals surface area contributed by atoms with Crippen molar-refractivity contribution in [2.75, 3.05) is 6.54 Å². The second-order valence-corrected chi connectivity index (χ2v) is 6.82. The molecule has 20 heavy (non-hydrogen) atoms. The Morgan fingerprint density at radius 2 is 1.90 bits per heavy atom. The van der Waals surface area contributed by atoms with E-state index in [0.717, 1.165) is 6.07 Å². The summed E-state index contributed by atoms with van der Waals surface area (Å²) in [5.41, 5.74) is 0.138. The van der Waals surface area contributed by atoms with Gasteiger partial charge >= 0.3 is 0 Å². The number of hydrogen-bond donors (Lipinski definition) is 1. The number of halogens is 2. The van der Waals surface area contributed by atoms with Crippen LogP contribution in [0.1, 0.15) is 31.1 Å². The third-order valence-electron chi connectivity index (χ3n) is 2.77. The van der Waals surface area contributed by atoms with Crippen LogP contribution in [0.4, 0.5) is 0 Å².